The molecule has 1 aromatic heterocycles. The second-order valence-electron chi connectivity index (χ2n) is 4.35. The molecule has 0 saturated carbocycles. The number of nitrogens with zero attached hydrogens (tertiary/aromatic N) is 2. The summed E-state index contributed by atoms with van der Waals surface area (Å²) in [5, 5.41) is 10.7. The van der Waals surface area contributed by atoms with Gasteiger partial charge in [0.1, 0.15) is 0 Å². The third-order valence-corrected chi connectivity index (χ3v) is 2.85. The molecule has 1 N–H and O–H groups in total. The molecule has 1 heterocycles. The van der Waals surface area contributed by atoms with E-state index in [0.717, 1.165) is 17.7 Å². The highest BCUT2D eigenvalue weighted by Gasteiger charge is 2.08. The first-order valence-corrected chi connectivity index (χ1v) is 6.29. The van der Waals surface area contributed by atoms with Crippen LogP contribution in [0.25, 0.3) is 11.5 Å². The van der Waals surface area contributed by atoms with Crippen LogP contribution in [0.3, 0.4) is 0 Å². The maximum Gasteiger partial charge on any atom is 0.247 e. The zero-order valence-electron chi connectivity index (χ0n) is 10.9. The van der Waals surface area contributed by atoms with Crippen molar-refractivity contribution in [1.29, 1.82) is 0 Å². The van der Waals surface area contributed by atoms with E-state index in [9.17, 15) is 8.78 Å². The molecule has 4 nitrogen and oxygen atoms in total. The minimum atomic E-state index is -0.907. The topological polar surface area (TPSA) is 51.0 Å². The summed E-state index contributed by atoms with van der Waals surface area (Å²) in [7, 11) is 0. The molecule has 0 aliphatic rings. The summed E-state index contributed by atoms with van der Waals surface area (Å²) in [6.45, 7) is 0.227. The summed E-state index contributed by atoms with van der Waals surface area (Å²) in [4.78, 5) is 0. The van der Waals surface area contributed by atoms with E-state index >= 15 is 0 Å². The second-order valence-corrected chi connectivity index (χ2v) is 4.35. The number of rotatable bonds is 4. The summed E-state index contributed by atoms with van der Waals surface area (Å²) in [5.41, 5.74) is 1.26. The SMILES string of the molecule is Fc1ccc(NCc2nnc(-c3ccccc3)o2)cc1F. The summed E-state index contributed by atoms with van der Waals surface area (Å²) in [6.07, 6.45) is 0. The van der Waals surface area contributed by atoms with Gasteiger partial charge in [0.05, 0.1) is 6.54 Å². The molecule has 6 heteroatoms. The van der Waals surface area contributed by atoms with Crippen LogP contribution in [0, 0.1) is 11.6 Å². The Morgan fingerprint density at radius 2 is 1.76 bits per heavy atom. The van der Waals surface area contributed by atoms with Gasteiger partial charge in [-0.1, -0.05) is 18.2 Å². The Morgan fingerprint density at radius 3 is 2.52 bits per heavy atom. The number of hydrogen-bond donors (Lipinski definition) is 1. The smallest absolute Gasteiger partial charge is 0.247 e. The van der Waals surface area contributed by atoms with E-state index < -0.39 is 11.6 Å². The van der Waals surface area contributed by atoms with Gasteiger partial charge in [-0.2, -0.15) is 0 Å². The maximum atomic E-state index is 13.1. The van der Waals surface area contributed by atoms with E-state index in [-0.39, 0.29) is 6.54 Å². The minimum absolute atomic E-state index is 0.227. The molecule has 2 aromatic carbocycles. The van der Waals surface area contributed by atoms with Gasteiger partial charge in [-0.05, 0) is 24.3 Å². The first-order chi connectivity index (χ1) is 10.2. The largest absolute Gasteiger partial charge is 0.419 e. The van der Waals surface area contributed by atoms with Gasteiger partial charge < -0.3 is 9.73 Å². The van der Waals surface area contributed by atoms with Crippen LogP contribution in [0.5, 0.6) is 0 Å². The van der Waals surface area contributed by atoms with Crippen molar-refractivity contribution in [3.05, 3.63) is 66.1 Å². The Morgan fingerprint density at radius 1 is 0.952 bits per heavy atom. The van der Waals surface area contributed by atoms with Gasteiger partial charge in [0, 0.05) is 17.3 Å². The van der Waals surface area contributed by atoms with E-state index in [1.807, 2.05) is 30.3 Å². The Bertz CT molecular complexity index is 744. The molecular weight excluding hydrogens is 276 g/mol. The van der Waals surface area contributed by atoms with Gasteiger partial charge in [0.25, 0.3) is 0 Å². The molecule has 0 saturated heterocycles. The number of hydrogen-bond acceptors (Lipinski definition) is 4. The van der Waals surface area contributed by atoms with Crippen LogP contribution >= 0.6 is 0 Å². The van der Waals surface area contributed by atoms with Crippen molar-refractivity contribution in [3.63, 3.8) is 0 Å². The zero-order chi connectivity index (χ0) is 14.7. The van der Waals surface area contributed by atoms with Gasteiger partial charge in [0.2, 0.25) is 11.8 Å². The van der Waals surface area contributed by atoms with Crippen molar-refractivity contribution < 1.29 is 13.2 Å². The van der Waals surface area contributed by atoms with Crippen molar-refractivity contribution in [1.82, 2.24) is 10.2 Å². The minimum Gasteiger partial charge on any atom is -0.419 e. The van der Waals surface area contributed by atoms with Crippen LogP contribution in [-0.4, -0.2) is 10.2 Å². The first kappa shape index (κ1) is 13.2. The van der Waals surface area contributed by atoms with E-state index in [1.54, 1.807) is 0 Å². The number of benzene rings is 2. The van der Waals surface area contributed by atoms with Crippen molar-refractivity contribution in [2.45, 2.75) is 6.54 Å². The lowest BCUT2D eigenvalue weighted by atomic mass is 10.2. The average molecular weight is 287 g/mol. The molecule has 3 rings (SSSR count). The fraction of sp³-hybridized carbons (Fsp3) is 0.0667. The van der Waals surface area contributed by atoms with E-state index in [4.69, 9.17) is 4.42 Å². The molecule has 106 valence electrons. The van der Waals surface area contributed by atoms with Gasteiger partial charge >= 0.3 is 0 Å². The fourth-order valence-electron chi connectivity index (χ4n) is 1.81. The Balaban J connectivity index is 1.69. The molecule has 0 atom stereocenters. The zero-order valence-corrected chi connectivity index (χ0v) is 10.9. The van der Waals surface area contributed by atoms with Crippen LogP contribution in [-0.2, 0) is 6.54 Å². The Kier molecular flexibility index (Phi) is 3.59. The Hall–Kier alpha value is -2.76. The lowest BCUT2D eigenvalue weighted by Gasteiger charge is -2.03. The lowest BCUT2D eigenvalue weighted by Crippen LogP contribution is -2.00. The standard InChI is InChI=1S/C15H11F2N3O/c16-12-7-6-11(8-13(12)17)18-9-14-19-20-15(21-14)10-4-2-1-3-5-10/h1-8,18H,9H2. The van der Waals surface area contributed by atoms with Crippen LogP contribution in [0.1, 0.15) is 5.89 Å². The molecule has 3 aromatic rings. The van der Waals surface area contributed by atoms with Gasteiger partial charge in [0.15, 0.2) is 11.6 Å². The van der Waals surface area contributed by atoms with Crippen LogP contribution in [0.15, 0.2) is 52.9 Å². The predicted octanol–water partition coefficient (Wildman–Crippen LogP) is 3.63. The van der Waals surface area contributed by atoms with Gasteiger partial charge in [-0.3, -0.25) is 0 Å². The van der Waals surface area contributed by atoms with E-state index in [2.05, 4.69) is 15.5 Å². The molecule has 0 amide bonds. The molecule has 0 unspecified atom stereocenters. The quantitative estimate of drug-likeness (QED) is 0.796. The third-order valence-electron chi connectivity index (χ3n) is 2.85. The fourth-order valence-corrected chi connectivity index (χ4v) is 1.81. The van der Waals surface area contributed by atoms with Crippen molar-refractivity contribution in [2.24, 2.45) is 0 Å². The molecule has 0 aliphatic heterocycles. The van der Waals surface area contributed by atoms with Crippen LogP contribution < -0.4 is 5.32 Å². The second kappa shape index (κ2) is 5.70. The number of halogens is 2. The highest BCUT2D eigenvalue weighted by Crippen LogP contribution is 2.18. The van der Waals surface area contributed by atoms with Crippen molar-refractivity contribution in [3.8, 4) is 11.5 Å². The molecule has 0 spiro atoms. The highest BCUT2D eigenvalue weighted by molar-refractivity contribution is 5.51. The molecule has 0 radical (unpaired) electrons. The average Bonchev–Trinajstić information content (AvgIpc) is 2.98. The van der Waals surface area contributed by atoms with E-state index in [1.165, 1.54) is 6.07 Å². The molecule has 0 bridgehead atoms. The normalized spacial score (nSPS) is 10.6. The molecular formula is C15H11F2N3O. The summed E-state index contributed by atoms with van der Waals surface area (Å²) >= 11 is 0. The maximum absolute atomic E-state index is 13.1. The molecule has 0 aliphatic carbocycles. The summed E-state index contributed by atoms with van der Waals surface area (Å²) in [6, 6.07) is 12.9. The highest BCUT2D eigenvalue weighted by atomic mass is 19.2. The summed E-state index contributed by atoms with van der Waals surface area (Å²) in [5.74, 6) is -1.02. The molecule has 21 heavy (non-hydrogen) atoms. The molecule has 0 fully saturated rings. The van der Waals surface area contributed by atoms with Crippen LogP contribution in [0.2, 0.25) is 0 Å². The van der Waals surface area contributed by atoms with E-state index in [0.29, 0.717) is 17.5 Å². The number of nitrogens with one attached hydrogen (secondary N) is 1. The monoisotopic (exact) mass is 287 g/mol. The first-order valence-electron chi connectivity index (χ1n) is 6.29. The van der Waals surface area contributed by atoms with Crippen molar-refractivity contribution >= 4 is 5.69 Å². The number of anilines is 1. The predicted molar refractivity (Wildman–Crippen MR) is 73.4 cm³/mol. The van der Waals surface area contributed by atoms with Crippen molar-refractivity contribution in [2.75, 3.05) is 5.32 Å². The summed E-state index contributed by atoms with van der Waals surface area (Å²) < 4.78 is 31.4. The lowest BCUT2D eigenvalue weighted by molar-refractivity contribution is 0.507. The van der Waals surface area contributed by atoms with Gasteiger partial charge in [-0.15, -0.1) is 10.2 Å². The van der Waals surface area contributed by atoms with Crippen LogP contribution in [0.4, 0.5) is 14.5 Å². The Labute approximate surface area is 119 Å². The third kappa shape index (κ3) is 3.05. The number of aromatic nitrogens is 2. The van der Waals surface area contributed by atoms with Gasteiger partial charge in [-0.25, -0.2) is 8.78 Å².